The van der Waals surface area contributed by atoms with Gasteiger partial charge in [0.05, 0.1) is 30.1 Å². The third-order valence-corrected chi connectivity index (χ3v) is 5.99. The second-order valence-corrected chi connectivity index (χ2v) is 9.45. The van der Waals surface area contributed by atoms with Crippen molar-refractivity contribution in [2.24, 2.45) is 0 Å². The van der Waals surface area contributed by atoms with Crippen LogP contribution >= 0.6 is 0 Å². The monoisotopic (exact) mass is 614 g/mol. The van der Waals surface area contributed by atoms with E-state index >= 15 is 0 Å². The predicted molar refractivity (Wildman–Crippen MR) is 152 cm³/mol. The van der Waals surface area contributed by atoms with E-state index in [1.807, 2.05) is 19.0 Å². The van der Waals surface area contributed by atoms with Gasteiger partial charge in [-0.3, -0.25) is 23.5 Å². The molecule has 44 heavy (non-hydrogen) atoms. The number of aryl methyl sites for hydroxylation is 1. The third-order valence-electron chi connectivity index (χ3n) is 5.99. The van der Waals surface area contributed by atoms with Crippen LogP contribution in [0.2, 0.25) is 0 Å². The molecule has 17 heteroatoms. The van der Waals surface area contributed by atoms with Gasteiger partial charge >= 0.3 is 6.18 Å². The van der Waals surface area contributed by atoms with Crippen LogP contribution in [0.4, 0.5) is 24.7 Å². The van der Waals surface area contributed by atoms with Gasteiger partial charge in [-0.05, 0) is 44.8 Å². The molecular weight excluding hydrogens is 585 g/mol. The molecule has 0 saturated heterocycles. The number of fused-ring (bicyclic) bond motifs is 1. The molecule has 0 unspecified atom stereocenters. The maximum atomic E-state index is 13.7. The molecule has 4 rings (SSSR count). The lowest BCUT2D eigenvalue weighted by Gasteiger charge is -2.12. The highest BCUT2D eigenvalue weighted by Gasteiger charge is 2.38. The Morgan fingerprint density at radius 2 is 1.93 bits per heavy atom. The van der Waals surface area contributed by atoms with E-state index in [2.05, 4.69) is 31.0 Å². The predicted octanol–water partition coefficient (Wildman–Crippen LogP) is 2.30. The molecule has 3 aromatic heterocycles. The molecule has 3 heterocycles. The summed E-state index contributed by atoms with van der Waals surface area (Å²) in [6, 6.07) is 6.71. The number of alkyl halides is 3. The molecule has 0 atom stereocenters. The van der Waals surface area contributed by atoms with Gasteiger partial charge in [0.25, 0.3) is 12.4 Å². The lowest BCUT2D eigenvalue weighted by molar-refractivity contribution is -0.141. The average Bonchev–Trinajstić information content (AvgIpc) is 3.57. The summed E-state index contributed by atoms with van der Waals surface area (Å²) in [6.45, 7) is 2.12. The Labute approximate surface area is 249 Å². The fraction of sp³-hybridized carbons (Fsp3) is 0.296. The van der Waals surface area contributed by atoms with Gasteiger partial charge in [-0.15, -0.1) is 0 Å². The molecule has 0 radical (unpaired) electrons. The quantitative estimate of drug-likeness (QED) is 0.193. The van der Waals surface area contributed by atoms with Crippen LogP contribution in [0.3, 0.4) is 0 Å². The molecule has 232 valence electrons. The summed E-state index contributed by atoms with van der Waals surface area (Å²) in [7, 11) is 3.78. The summed E-state index contributed by atoms with van der Waals surface area (Å²) in [5.41, 5.74) is 0.574. The first-order chi connectivity index (χ1) is 20.9. The summed E-state index contributed by atoms with van der Waals surface area (Å²) in [5, 5.41) is 27.7. The van der Waals surface area contributed by atoms with E-state index in [-0.39, 0.29) is 48.2 Å². The number of amides is 2. The van der Waals surface area contributed by atoms with Crippen molar-refractivity contribution in [3.8, 4) is 17.3 Å². The fourth-order valence-electron chi connectivity index (χ4n) is 4.05. The first-order valence-corrected chi connectivity index (χ1v) is 12.9. The highest BCUT2D eigenvalue weighted by molar-refractivity contribution is 5.98. The van der Waals surface area contributed by atoms with Crippen molar-refractivity contribution in [1.82, 2.24) is 39.7 Å². The van der Waals surface area contributed by atoms with E-state index in [9.17, 15) is 22.8 Å². The number of hydrogen-bond acceptors (Lipinski definition) is 9. The number of nitrogens with zero attached hydrogens (tertiary/aromatic N) is 7. The van der Waals surface area contributed by atoms with Gasteiger partial charge in [0.15, 0.2) is 17.2 Å². The molecule has 0 aliphatic rings. The van der Waals surface area contributed by atoms with Gasteiger partial charge in [0, 0.05) is 42.9 Å². The molecule has 1 aromatic carbocycles. The normalized spacial score (nSPS) is 11.0. The minimum absolute atomic E-state index is 0.121. The van der Waals surface area contributed by atoms with Gasteiger partial charge in [0.2, 0.25) is 5.91 Å². The van der Waals surface area contributed by atoms with Crippen LogP contribution in [0.15, 0.2) is 43.0 Å². The zero-order valence-corrected chi connectivity index (χ0v) is 23.9. The number of rotatable bonds is 10. The Morgan fingerprint density at radius 1 is 1.20 bits per heavy atom. The number of carbonyl (C=O) groups excluding carboxylic acids is 2. The van der Waals surface area contributed by atoms with Crippen molar-refractivity contribution in [1.29, 1.82) is 5.26 Å². The van der Waals surface area contributed by atoms with Gasteiger partial charge in [0.1, 0.15) is 6.54 Å². The van der Waals surface area contributed by atoms with Crippen LogP contribution in [-0.4, -0.2) is 86.2 Å². The van der Waals surface area contributed by atoms with Gasteiger partial charge in [-0.25, -0.2) is 9.97 Å². The number of likely N-dealkylation sites (N-methyl/N-ethyl adjacent to an activating group) is 1. The zero-order valence-electron chi connectivity index (χ0n) is 23.9. The van der Waals surface area contributed by atoms with E-state index in [0.717, 1.165) is 10.9 Å². The molecule has 4 N–H and O–H groups in total. The van der Waals surface area contributed by atoms with Gasteiger partial charge < -0.3 is 26.0 Å². The number of anilines is 2. The second-order valence-electron chi connectivity index (χ2n) is 9.45. The van der Waals surface area contributed by atoms with Crippen molar-refractivity contribution in [3.05, 3.63) is 59.8 Å². The second kappa shape index (κ2) is 14.6. The molecule has 0 spiro atoms. The largest absolute Gasteiger partial charge is 0.483 e. The number of hydrogen-bond donors (Lipinski definition) is 4. The fourth-order valence-corrected chi connectivity index (χ4v) is 4.05. The first-order valence-electron chi connectivity index (χ1n) is 12.9. The third kappa shape index (κ3) is 8.29. The summed E-state index contributed by atoms with van der Waals surface area (Å²) in [6.07, 6.45) is 0.575. The summed E-state index contributed by atoms with van der Waals surface area (Å²) < 4.78 is 43.4. The van der Waals surface area contributed by atoms with E-state index in [4.69, 9.17) is 15.2 Å². The Kier molecular flexibility index (Phi) is 11.0. The van der Waals surface area contributed by atoms with Crippen LogP contribution in [0.1, 0.15) is 21.6 Å². The molecule has 0 aliphatic heterocycles. The maximum Gasteiger partial charge on any atom is 0.435 e. The number of aromatic nitrogens is 5. The lowest BCUT2D eigenvalue weighted by Crippen LogP contribution is -2.39. The van der Waals surface area contributed by atoms with E-state index in [1.165, 1.54) is 23.0 Å². The Morgan fingerprint density at radius 3 is 2.57 bits per heavy atom. The Bertz CT molecular complexity index is 1670. The molecule has 0 fully saturated rings. The average molecular weight is 615 g/mol. The smallest absolute Gasteiger partial charge is 0.435 e. The number of nitrogens with one attached hydrogen (secondary N) is 3. The molecule has 0 aliphatic carbocycles. The topological polar surface area (TPSA) is 183 Å². The number of nitriles is 1. The van der Waals surface area contributed by atoms with Gasteiger partial charge in [-0.1, -0.05) is 0 Å². The van der Waals surface area contributed by atoms with Gasteiger partial charge in [-0.2, -0.15) is 23.5 Å². The summed E-state index contributed by atoms with van der Waals surface area (Å²) in [5.74, 6) is -0.441. The molecule has 14 nitrogen and oxygen atoms in total. The van der Waals surface area contributed by atoms with Crippen LogP contribution in [0.25, 0.3) is 16.9 Å². The van der Waals surface area contributed by atoms with Crippen LogP contribution in [0.5, 0.6) is 0 Å². The van der Waals surface area contributed by atoms with E-state index in [1.54, 1.807) is 31.2 Å². The van der Waals surface area contributed by atoms with Crippen molar-refractivity contribution >= 4 is 35.4 Å². The highest BCUT2D eigenvalue weighted by atomic mass is 19.4. The molecule has 0 saturated carbocycles. The minimum Gasteiger partial charge on any atom is -0.483 e. The van der Waals surface area contributed by atoms with Crippen molar-refractivity contribution in [2.45, 2.75) is 19.6 Å². The molecule has 4 aromatic rings. The number of benzene rings is 1. The van der Waals surface area contributed by atoms with Crippen LogP contribution < -0.4 is 16.0 Å². The lowest BCUT2D eigenvalue weighted by atomic mass is 10.1. The van der Waals surface area contributed by atoms with E-state index < -0.39 is 17.8 Å². The highest BCUT2D eigenvalue weighted by Crippen LogP contribution is 2.37. The van der Waals surface area contributed by atoms with Crippen molar-refractivity contribution in [2.75, 3.05) is 39.0 Å². The maximum absolute atomic E-state index is 13.7. The zero-order chi connectivity index (χ0) is 32.4. The van der Waals surface area contributed by atoms with Crippen LogP contribution in [-0.2, 0) is 22.3 Å². The summed E-state index contributed by atoms with van der Waals surface area (Å²) in [4.78, 5) is 43.4. The molecule has 2 amide bonds. The minimum atomic E-state index is -4.74. The standard InChI is InChI=1S/C26H27F3N10O2.CH2O2/c1-16-12-17(4-5-18(16)25(41)34-14-21(40)31-7-10-37(2)3)35-23-24-33-13-20(39(24)11-8-32-23)19-15-38(9-6-30)36-22(19)26(27,28)29;2-1-3/h4-5,8,11-13,15H,7,9-10,14H2,1-3H3,(H,31,40)(H,32,35)(H,34,41);1H,(H,2,3). The number of carboxylic acid groups (broad SMARTS) is 1. The first kappa shape index (κ1) is 33.0. The number of halogens is 3. The molecule has 0 bridgehead atoms. The van der Waals surface area contributed by atoms with Crippen LogP contribution in [0, 0.1) is 18.3 Å². The SMILES string of the molecule is Cc1cc(Nc2nccn3c(-c4cn(CC#N)nc4C(F)(F)F)cnc23)ccc1C(=O)NCC(=O)NCCN(C)C.O=CO. The molecular formula is C27H29F3N10O4. The van der Waals surface area contributed by atoms with E-state index in [0.29, 0.717) is 29.9 Å². The van der Waals surface area contributed by atoms with Crippen molar-refractivity contribution < 1.29 is 32.7 Å². The Hall–Kier alpha value is -5.50. The Balaban J connectivity index is 0.00000169. The summed E-state index contributed by atoms with van der Waals surface area (Å²) >= 11 is 0. The van der Waals surface area contributed by atoms with Crippen molar-refractivity contribution in [3.63, 3.8) is 0 Å². The number of carbonyl (C=O) groups is 3. The number of imidazole rings is 1.